The van der Waals surface area contributed by atoms with Gasteiger partial charge in [0.25, 0.3) is 0 Å². The molecule has 0 aliphatic carbocycles. The maximum Gasteiger partial charge on any atom is 0.238 e. The molecule has 0 spiro atoms. The van der Waals surface area contributed by atoms with Gasteiger partial charge in [0.2, 0.25) is 5.91 Å². The van der Waals surface area contributed by atoms with Crippen molar-refractivity contribution in [3.8, 4) is 0 Å². The molecular formula is C9H10N2O2. The summed E-state index contributed by atoms with van der Waals surface area (Å²) in [4.78, 5) is 21.1. The molecule has 0 aliphatic heterocycles. The molecule has 13 heavy (non-hydrogen) atoms. The van der Waals surface area contributed by atoms with Gasteiger partial charge in [-0.25, -0.2) is 5.84 Å². The lowest BCUT2D eigenvalue weighted by atomic mass is 10.1. The van der Waals surface area contributed by atoms with Crippen LogP contribution in [0, 0.1) is 0 Å². The number of amides is 1. The summed E-state index contributed by atoms with van der Waals surface area (Å²) in [6.07, 6.45) is 0.989. The second-order valence-electron chi connectivity index (χ2n) is 2.60. The summed E-state index contributed by atoms with van der Waals surface area (Å²) in [6, 6.07) is 6.76. The van der Waals surface area contributed by atoms with E-state index in [-0.39, 0.29) is 12.3 Å². The Morgan fingerprint density at radius 1 is 1.38 bits per heavy atom. The van der Waals surface area contributed by atoms with E-state index < -0.39 is 0 Å². The molecule has 1 aromatic rings. The quantitative estimate of drug-likeness (QED) is 0.297. The van der Waals surface area contributed by atoms with Crippen LogP contribution in [0.2, 0.25) is 0 Å². The minimum Gasteiger partial charge on any atom is -0.298 e. The molecule has 0 radical (unpaired) electrons. The summed E-state index contributed by atoms with van der Waals surface area (Å²) < 4.78 is 0. The zero-order valence-electron chi connectivity index (χ0n) is 6.99. The number of carbonyl (C=O) groups is 2. The van der Waals surface area contributed by atoms with Crippen molar-refractivity contribution in [2.45, 2.75) is 6.42 Å². The fourth-order valence-electron chi connectivity index (χ4n) is 0.950. The predicted molar refractivity (Wildman–Crippen MR) is 47.9 cm³/mol. The number of rotatable bonds is 3. The summed E-state index contributed by atoms with van der Waals surface area (Å²) in [5.74, 6) is 4.67. The number of aldehydes is 1. The number of hydrazine groups is 1. The Morgan fingerprint density at radius 2 is 2.00 bits per heavy atom. The monoisotopic (exact) mass is 178 g/mol. The lowest BCUT2D eigenvalue weighted by Gasteiger charge is -1.99. The van der Waals surface area contributed by atoms with Crippen LogP contribution in [-0.4, -0.2) is 12.2 Å². The smallest absolute Gasteiger partial charge is 0.238 e. The van der Waals surface area contributed by atoms with Crippen molar-refractivity contribution in [3.63, 3.8) is 0 Å². The maximum atomic E-state index is 10.8. The first-order chi connectivity index (χ1) is 6.26. The molecule has 1 rings (SSSR count). The topological polar surface area (TPSA) is 72.2 Å². The van der Waals surface area contributed by atoms with E-state index in [9.17, 15) is 9.59 Å². The van der Waals surface area contributed by atoms with Crippen LogP contribution < -0.4 is 11.3 Å². The first-order valence-electron chi connectivity index (χ1n) is 3.80. The molecule has 68 valence electrons. The van der Waals surface area contributed by atoms with E-state index >= 15 is 0 Å². The summed E-state index contributed by atoms with van der Waals surface area (Å²) in [6.45, 7) is 0. The molecule has 0 unspecified atom stereocenters. The molecule has 0 fully saturated rings. The number of nitrogens with one attached hydrogen (secondary N) is 1. The molecule has 1 amide bonds. The van der Waals surface area contributed by atoms with Gasteiger partial charge in [-0.1, -0.05) is 24.3 Å². The van der Waals surface area contributed by atoms with Gasteiger partial charge in [0.05, 0.1) is 6.42 Å². The van der Waals surface area contributed by atoms with E-state index in [0.717, 1.165) is 11.8 Å². The Labute approximate surface area is 75.7 Å². The largest absolute Gasteiger partial charge is 0.298 e. The summed E-state index contributed by atoms with van der Waals surface area (Å²) in [5, 5.41) is 0. The molecule has 0 aromatic heterocycles. The first kappa shape index (κ1) is 9.41. The van der Waals surface area contributed by atoms with Crippen molar-refractivity contribution in [3.05, 3.63) is 35.4 Å². The molecule has 0 aliphatic rings. The highest BCUT2D eigenvalue weighted by Crippen LogP contribution is 2.02. The zero-order chi connectivity index (χ0) is 9.68. The summed E-state index contributed by atoms with van der Waals surface area (Å²) >= 11 is 0. The van der Waals surface area contributed by atoms with Gasteiger partial charge in [0.15, 0.2) is 0 Å². The van der Waals surface area contributed by atoms with Gasteiger partial charge in [-0.05, 0) is 5.56 Å². The van der Waals surface area contributed by atoms with Crippen molar-refractivity contribution in [2.24, 2.45) is 5.84 Å². The first-order valence-corrected chi connectivity index (χ1v) is 3.80. The highest BCUT2D eigenvalue weighted by atomic mass is 16.2. The Morgan fingerprint density at radius 3 is 2.46 bits per heavy atom. The second kappa shape index (κ2) is 4.37. The number of carbonyl (C=O) groups excluding carboxylic acids is 2. The van der Waals surface area contributed by atoms with Crippen LogP contribution in [0.5, 0.6) is 0 Å². The lowest BCUT2D eigenvalue weighted by Crippen LogP contribution is -2.31. The fraction of sp³-hybridized carbons (Fsp3) is 0.111. The summed E-state index contributed by atoms with van der Waals surface area (Å²) in [5.41, 5.74) is 3.46. The standard InChI is InChI=1S/C9H10N2O2/c10-11-9(13)5-7-1-3-8(6-12)4-2-7/h1-4,6H,5,10H2,(H,11,13). The number of benzene rings is 1. The van der Waals surface area contributed by atoms with E-state index in [0.29, 0.717) is 5.56 Å². The molecule has 0 saturated carbocycles. The van der Waals surface area contributed by atoms with Crippen molar-refractivity contribution in [2.75, 3.05) is 0 Å². The van der Waals surface area contributed by atoms with E-state index in [1.54, 1.807) is 24.3 Å². The van der Waals surface area contributed by atoms with Crippen LogP contribution in [-0.2, 0) is 11.2 Å². The molecule has 4 nitrogen and oxygen atoms in total. The van der Waals surface area contributed by atoms with Crippen LogP contribution in [0.4, 0.5) is 0 Å². The van der Waals surface area contributed by atoms with Gasteiger partial charge < -0.3 is 0 Å². The maximum absolute atomic E-state index is 10.8. The third kappa shape index (κ3) is 2.68. The van der Waals surface area contributed by atoms with Crippen molar-refractivity contribution in [1.29, 1.82) is 0 Å². The molecular weight excluding hydrogens is 168 g/mol. The molecule has 0 heterocycles. The molecule has 0 saturated heterocycles. The Kier molecular flexibility index (Phi) is 3.16. The van der Waals surface area contributed by atoms with Crippen LogP contribution in [0.1, 0.15) is 15.9 Å². The van der Waals surface area contributed by atoms with E-state index in [1.807, 2.05) is 5.43 Å². The molecule has 0 bridgehead atoms. The van der Waals surface area contributed by atoms with Crippen molar-refractivity contribution >= 4 is 12.2 Å². The minimum atomic E-state index is -0.251. The Hall–Kier alpha value is -1.68. The number of nitrogens with two attached hydrogens (primary N) is 1. The number of hydrogen-bond donors (Lipinski definition) is 2. The van der Waals surface area contributed by atoms with E-state index in [1.165, 1.54) is 0 Å². The molecule has 4 heteroatoms. The lowest BCUT2D eigenvalue weighted by molar-refractivity contribution is -0.120. The average molecular weight is 178 g/mol. The predicted octanol–water partition coefficient (Wildman–Crippen LogP) is 0.0315. The summed E-state index contributed by atoms with van der Waals surface area (Å²) in [7, 11) is 0. The van der Waals surface area contributed by atoms with Gasteiger partial charge in [0, 0.05) is 5.56 Å². The number of hydrogen-bond acceptors (Lipinski definition) is 3. The minimum absolute atomic E-state index is 0.232. The van der Waals surface area contributed by atoms with Gasteiger partial charge in [-0.3, -0.25) is 15.0 Å². The fourth-order valence-corrected chi connectivity index (χ4v) is 0.950. The average Bonchev–Trinajstić information content (AvgIpc) is 2.19. The van der Waals surface area contributed by atoms with E-state index in [2.05, 4.69) is 0 Å². The zero-order valence-corrected chi connectivity index (χ0v) is 6.99. The molecule has 1 aromatic carbocycles. The van der Waals surface area contributed by atoms with Gasteiger partial charge >= 0.3 is 0 Å². The SMILES string of the molecule is NNC(=O)Cc1ccc(C=O)cc1. The normalized spacial score (nSPS) is 9.31. The van der Waals surface area contributed by atoms with Crippen molar-refractivity contribution in [1.82, 2.24) is 5.43 Å². The highest BCUT2D eigenvalue weighted by molar-refractivity contribution is 5.79. The Bertz CT molecular complexity index is 306. The Balaban J connectivity index is 2.69. The van der Waals surface area contributed by atoms with Crippen LogP contribution >= 0.6 is 0 Å². The van der Waals surface area contributed by atoms with E-state index in [4.69, 9.17) is 5.84 Å². The van der Waals surface area contributed by atoms with Crippen LogP contribution in [0.25, 0.3) is 0 Å². The van der Waals surface area contributed by atoms with Crippen molar-refractivity contribution < 1.29 is 9.59 Å². The molecule has 0 atom stereocenters. The second-order valence-corrected chi connectivity index (χ2v) is 2.60. The third-order valence-electron chi connectivity index (χ3n) is 1.64. The van der Waals surface area contributed by atoms with Gasteiger partial charge in [-0.2, -0.15) is 0 Å². The van der Waals surface area contributed by atoms with Crippen LogP contribution in [0.15, 0.2) is 24.3 Å². The van der Waals surface area contributed by atoms with Gasteiger partial charge in [-0.15, -0.1) is 0 Å². The molecule has 3 N–H and O–H groups in total. The highest BCUT2D eigenvalue weighted by Gasteiger charge is 2.00. The van der Waals surface area contributed by atoms with Crippen LogP contribution in [0.3, 0.4) is 0 Å². The third-order valence-corrected chi connectivity index (χ3v) is 1.64. The van der Waals surface area contributed by atoms with Gasteiger partial charge in [0.1, 0.15) is 6.29 Å².